The van der Waals surface area contributed by atoms with Gasteiger partial charge in [-0.05, 0) is 68.3 Å². The Labute approximate surface area is 250 Å². The van der Waals surface area contributed by atoms with Gasteiger partial charge in [0.1, 0.15) is 22.9 Å². The number of aliphatic imine (C=N–C) groups is 1. The van der Waals surface area contributed by atoms with Gasteiger partial charge in [-0.15, -0.1) is 0 Å². The third-order valence-corrected chi connectivity index (χ3v) is 8.62. The van der Waals surface area contributed by atoms with Gasteiger partial charge < -0.3 is 19.3 Å². The Balaban J connectivity index is 1.53. The van der Waals surface area contributed by atoms with Gasteiger partial charge in [0.25, 0.3) is 0 Å². The van der Waals surface area contributed by atoms with Gasteiger partial charge in [-0.3, -0.25) is 4.79 Å². The molecule has 40 heavy (non-hydrogen) atoms. The summed E-state index contributed by atoms with van der Waals surface area (Å²) in [4.78, 5) is 33.1. The van der Waals surface area contributed by atoms with E-state index in [-0.39, 0.29) is 30.4 Å². The molecule has 3 heterocycles. The van der Waals surface area contributed by atoms with E-state index in [2.05, 4.69) is 20.9 Å². The molecule has 0 spiro atoms. The lowest BCUT2D eigenvalue weighted by Gasteiger charge is -2.20. The Morgan fingerprint density at radius 1 is 1.12 bits per heavy atom. The Bertz CT molecular complexity index is 1540. The molecular weight excluding hydrogens is 614 g/mol. The summed E-state index contributed by atoms with van der Waals surface area (Å²) in [5.74, 6) is -0.731. The second kappa shape index (κ2) is 12.7. The molecule has 0 aliphatic carbocycles. The lowest BCUT2D eigenvalue weighted by atomic mass is 10.1. The average Bonchev–Trinajstić information content (AvgIpc) is 3.25. The molecule has 0 radical (unpaired) electrons. The Hall–Kier alpha value is -3.01. The van der Waals surface area contributed by atoms with Gasteiger partial charge in [-0.2, -0.15) is 0 Å². The number of benzene rings is 2. The second-order valence-electron chi connectivity index (χ2n) is 9.62. The van der Waals surface area contributed by atoms with Crippen LogP contribution in [0.2, 0.25) is 5.02 Å². The number of aromatic nitrogens is 1. The summed E-state index contributed by atoms with van der Waals surface area (Å²) in [6, 6.07) is 12.8. The van der Waals surface area contributed by atoms with Crippen LogP contribution in [-0.2, 0) is 20.9 Å². The number of fused-ring (bicyclic) bond motifs is 1. The normalized spacial score (nSPS) is 18.1. The quantitative estimate of drug-likeness (QED) is 0.279. The van der Waals surface area contributed by atoms with Crippen LogP contribution in [0.4, 0.5) is 5.69 Å². The highest BCUT2D eigenvalue weighted by atomic mass is 79.9. The van der Waals surface area contributed by atoms with E-state index in [1.807, 2.05) is 39.9 Å². The number of amides is 1. The highest BCUT2D eigenvalue weighted by Gasteiger charge is 2.33. The Morgan fingerprint density at radius 2 is 1.85 bits per heavy atom. The number of likely N-dealkylation sites (tertiary alicyclic amines) is 1. The van der Waals surface area contributed by atoms with E-state index in [4.69, 9.17) is 16.3 Å². The van der Waals surface area contributed by atoms with E-state index in [1.54, 1.807) is 31.2 Å². The third-order valence-electron chi connectivity index (χ3n) is 6.85. The number of aliphatic hydroxyl groups excluding tert-OH is 1. The second-order valence-corrected chi connectivity index (χ2v) is 12.0. The maximum absolute atomic E-state index is 13.2. The summed E-state index contributed by atoms with van der Waals surface area (Å²) in [5, 5.41) is 13.0. The molecule has 1 saturated heterocycles. The maximum atomic E-state index is 13.2. The van der Waals surface area contributed by atoms with E-state index < -0.39 is 5.97 Å². The van der Waals surface area contributed by atoms with E-state index in [9.17, 15) is 14.7 Å². The molecule has 2 aliphatic rings. The fraction of sp³-hybridized carbons (Fsp3) is 0.300. The number of hydrogen-bond donors (Lipinski definition) is 1. The van der Waals surface area contributed by atoms with Crippen molar-refractivity contribution in [3.05, 3.63) is 80.0 Å². The first-order valence-corrected chi connectivity index (χ1v) is 15.2. The summed E-state index contributed by atoms with van der Waals surface area (Å²) in [7, 11) is 0. The summed E-state index contributed by atoms with van der Waals surface area (Å²) in [6.07, 6.45) is 8.14. The smallest absolute Gasteiger partial charge is 0.344 e. The van der Waals surface area contributed by atoms with Crippen molar-refractivity contribution in [2.24, 2.45) is 4.99 Å². The molecule has 1 aromatic heterocycles. The zero-order valence-corrected chi connectivity index (χ0v) is 25.2. The van der Waals surface area contributed by atoms with Gasteiger partial charge in [0.05, 0.1) is 17.2 Å². The third kappa shape index (κ3) is 6.32. The van der Waals surface area contributed by atoms with Crippen molar-refractivity contribution in [3.8, 4) is 0 Å². The molecule has 0 atom stereocenters. The topological polar surface area (TPSA) is 84.1 Å². The van der Waals surface area contributed by atoms with Crippen LogP contribution in [0, 0.1) is 0 Å². The number of hydrogen-bond acceptors (Lipinski definition) is 6. The zero-order chi connectivity index (χ0) is 28.2. The van der Waals surface area contributed by atoms with Gasteiger partial charge in [0.2, 0.25) is 5.91 Å². The SMILES string of the molecule is CCOC(=O)C1=C(O)/C(=C/c2cn(CC(=O)N3CCCCCC3)c3ccc(Br)cc23)SC1=Nc1ccc(Cl)cc1. The highest BCUT2D eigenvalue weighted by Crippen LogP contribution is 2.41. The minimum atomic E-state index is -0.642. The Kier molecular flexibility index (Phi) is 9.03. The number of carbonyl (C=O) groups is 2. The van der Waals surface area contributed by atoms with Gasteiger partial charge in [0, 0.05) is 45.2 Å². The van der Waals surface area contributed by atoms with Crippen LogP contribution in [0.25, 0.3) is 17.0 Å². The number of nitrogens with zero attached hydrogens (tertiary/aromatic N) is 3. The van der Waals surface area contributed by atoms with Crippen molar-refractivity contribution in [1.29, 1.82) is 0 Å². The number of thioether (sulfide) groups is 1. The first kappa shape index (κ1) is 28.5. The molecule has 1 amide bonds. The fourth-order valence-corrected chi connectivity index (χ4v) is 6.39. The molecule has 0 saturated carbocycles. The molecule has 10 heteroatoms. The van der Waals surface area contributed by atoms with Crippen LogP contribution in [0.1, 0.15) is 38.2 Å². The predicted octanol–water partition coefficient (Wildman–Crippen LogP) is 7.65. The number of halogens is 2. The summed E-state index contributed by atoms with van der Waals surface area (Å²) in [5.41, 5.74) is 2.33. The highest BCUT2D eigenvalue weighted by molar-refractivity contribution is 9.10. The van der Waals surface area contributed by atoms with Gasteiger partial charge in [0.15, 0.2) is 0 Å². The lowest BCUT2D eigenvalue weighted by Crippen LogP contribution is -2.34. The Morgan fingerprint density at radius 3 is 2.55 bits per heavy atom. The van der Waals surface area contributed by atoms with E-state index in [0.717, 1.165) is 59.7 Å². The first-order chi connectivity index (χ1) is 19.3. The van der Waals surface area contributed by atoms with Crippen LogP contribution in [0.15, 0.2) is 74.4 Å². The van der Waals surface area contributed by atoms with Crippen molar-refractivity contribution in [1.82, 2.24) is 9.47 Å². The van der Waals surface area contributed by atoms with Crippen LogP contribution in [0.5, 0.6) is 0 Å². The van der Waals surface area contributed by atoms with Crippen molar-refractivity contribution in [2.75, 3.05) is 19.7 Å². The van der Waals surface area contributed by atoms with Crippen LogP contribution in [-0.4, -0.2) is 51.2 Å². The van der Waals surface area contributed by atoms with Crippen molar-refractivity contribution in [3.63, 3.8) is 0 Å². The van der Waals surface area contributed by atoms with Crippen LogP contribution >= 0.6 is 39.3 Å². The number of ether oxygens (including phenoxy) is 1. The van der Waals surface area contributed by atoms with Gasteiger partial charge >= 0.3 is 5.97 Å². The van der Waals surface area contributed by atoms with Gasteiger partial charge in [-0.25, -0.2) is 9.79 Å². The summed E-state index contributed by atoms with van der Waals surface area (Å²) in [6.45, 7) is 3.70. The number of esters is 1. The largest absolute Gasteiger partial charge is 0.506 e. The average molecular weight is 643 g/mol. The van der Waals surface area contributed by atoms with Crippen molar-refractivity contribution < 1.29 is 19.4 Å². The first-order valence-electron chi connectivity index (χ1n) is 13.2. The summed E-state index contributed by atoms with van der Waals surface area (Å²) >= 11 is 10.8. The van der Waals surface area contributed by atoms with Crippen LogP contribution in [0.3, 0.4) is 0 Å². The number of aliphatic hydroxyl groups is 1. The molecule has 3 aromatic rings. The molecule has 5 rings (SSSR count). The summed E-state index contributed by atoms with van der Waals surface area (Å²) < 4.78 is 8.08. The molecule has 1 N–H and O–H groups in total. The zero-order valence-electron chi connectivity index (χ0n) is 22.0. The molecule has 7 nitrogen and oxygen atoms in total. The van der Waals surface area contributed by atoms with E-state index in [0.29, 0.717) is 20.7 Å². The molecular formula is C30H29BrClN3O4S. The molecule has 2 aromatic carbocycles. The minimum absolute atomic E-state index is 0.0225. The predicted molar refractivity (Wildman–Crippen MR) is 165 cm³/mol. The standard InChI is InChI=1S/C30H29BrClN3O4S/c1-2-39-30(38)27-28(37)25(40-29(27)33-22-10-8-21(32)9-11-22)15-19-17-35(24-12-7-20(31)16-23(19)24)18-26(36)34-13-5-3-4-6-14-34/h7-12,15-17,37H,2-6,13-14,18H2,1H3/b25-15-,33-29?. The van der Waals surface area contributed by atoms with Crippen molar-refractivity contribution >= 4 is 78.9 Å². The van der Waals surface area contributed by atoms with Gasteiger partial charge in [-0.1, -0.05) is 52.1 Å². The molecule has 208 valence electrons. The van der Waals surface area contributed by atoms with Crippen molar-refractivity contribution in [2.45, 2.75) is 39.2 Å². The molecule has 0 unspecified atom stereocenters. The molecule has 2 aliphatic heterocycles. The molecule has 1 fully saturated rings. The fourth-order valence-electron chi connectivity index (χ4n) is 4.87. The van der Waals surface area contributed by atoms with E-state index in [1.165, 1.54) is 11.8 Å². The lowest BCUT2D eigenvalue weighted by molar-refractivity contribution is -0.138. The monoisotopic (exact) mass is 641 g/mol. The number of rotatable bonds is 6. The van der Waals surface area contributed by atoms with E-state index >= 15 is 0 Å². The molecule has 0 bridgehead atoms. The number of carbonyl (C=O) groups excluding carboxylic acids is 2. The van der Waals surface area contributed by atoms with Crippen LogP contribution < -0.4 is 0 Å². The maximum Gasteiger partial charge on any atom is 0.344 e. The minimum Gasteiger partial charge on any atom is -0.506 e.